The second-order valence-corrected chi connectivity index (χ2v) is 8.65. The van der Waals surface area contributed by atoms with E-state index in [-0.39, 0.29) is 25.5 Å². The summed E-state index contributed by atoms with van der Waals surface area (Å²) in [5.74, 6) is -2.00. The number of fused-ring (bicyclic) bond motifs is 2. The third-order valence-corrected chi connectivity index (χ3v) is 6.40. The standard InChI is InChI=1S/C26H20ClN3O4/c27-19-9-6-16(7-10-19)18-8-11-21-20(14-18)25(33)30-13-12-29(15-22(30)24(32)28-21)26(34)23(31)17-4-2-1-3-5-17/h1-11,14,22H,12-13,15H2,(H,28,32). The van der Waals surface area contributed by atoms with Crippen LogP contribution in [0.25, 0.3) is 11.1 Å². The van der Waals surface area contributed by atoms with Crippen LogP contribution in [-0.2, 0) is 9.59 Å². The van der Waals surface area contributed by atoms with Gasteiger partial charge in [-0.1, -0.05) is 60.1 Å². The van der Waals surface area contributed by atoms with Gasteiger partial charge in [-0.15, -0.1) is 0 Å². The van der Waals surface area contributed by atoms with Crippen LogP contribution in [0.15, 0.2) is 72.8 Å². The molecule has 0 aliphatic carbocycles. The van der Waals surface area contributed by atoms with Crippen LogP contribution in [0.2, 0.25) is 5.02 Å². The lowest BCUT2D eigenvalue weighted by molar-refractivity contribution is -0.131. The molecule has 5 rings (SSSR count). The van der Waals surface area contributed by atoms with Gasteiger partial charge in [0, 0.05) is 23.7 Å². The number of hydrogen-bond donors (Lipinski definition) is 1. The van der Waals surface area contributed by atoms with E-state index in [9.17, 15) is 19.2 Å². The van der Waals surface area contributed by atoms with Gasteiger partial charge in [-0.3, -0.25) is 19.2 Å². The Kier molecular flexibility index (Phi) is 5.63. The van der Waals surface area contributed by atoms with Crippen molar-refractivity contribution < 1.29 is 19.2 Å². The summed E-state index contributed by atoms with van der Waals surface area (Å²) in [4.78, 5) is 54.7. The lowest BCUT2D eigenvalue weighted by Crippen LogP contribution is -2.60. The van der Waals surface area contributed by atoms with Crippen LogP contribution < -0.4 is 5.32 Å². The molecule has 0 bridgehead atoms. The zero-order valence-corrected chi connectivity index (χ0v) is 18.8. The quantitative estimate of drug-likeness (QED) is 0.466. The largest absolute Gasteiger partial charge is 0.331 e. The van der Waals surface area contributed by atoms with E-state index in [0.717, 1.165) is 11.1 Å². The second kappa shape index (κ2) is 8.76. The van der Waals surface area contributed by atoms with Gasteiger partial charge in [0.1, 0.15) is 6.04 Å². The Bertz CT molecular complexity index is 1310. The van der Waals surface area contributed by atoms with Gasteiger partial charge < -0.3 is 15.1 Å². The van der Waals surface area contributed by atoms with Crippen LogP contribution in [0.5, 0.6) is 0 Å². The number of halogens is 1. The lowest BCUT2D eigenvalue weighted by Gasteiger charge is -2.39. The Morgan fingerprint density at radius 2 is 1.59 bits per heavy atom. The number of hydrogen-bond acceptors (Lipinski definition) is 4. The first-order valence-electron chi connectivity index (χ1n) is 10.8. The van der Waals surface area contributed by atoms with Gasteiger partial charge in [-0.05, 0) is 35.4 Å². The number of nitrogens with zero attached hydrogens (tertiary/aromatic N) is 2. The molecule has 1 fully saturated rings. The molecule has 34 heavy (non-hydrogen) atoms. The van der Waals surface area contributed by atoms with Gasteiger partial charge in [0.15, 0.2) is 0 Å². The molecule has 3 aromatic carbocycles. The molecule has 8 heteroatoms. The highest BCUT2D eigenvalue weighted by atomic mass is 35.5. The van der Waals surface area contributed by atoms with Crippen molar-refractivity contribution in [3.05, 3.63) is 88.9 Å². The third kappa shape index (κ3) is 3.95. The molecule has 1 N–H and O–H groups in total. The van der Waals surface area contributed by atoms with Gasteiger partial charge in [-0.25, -0.2) is 0 Å². The molecule has 1 saturated heterocycles. The number of carbonyl (C=O) groups excluding carboxylic acids is 4. The van der Waals surface area contributed by atoms with E-state index < -0.39 is 23.6 Å². The molecule has 3 aromatic rings. The maximum atomic E-state index is 13.4. The summed E-state index contributed by atoms with van der Waals surface area (Å²) in [7, 11) is 0. The zero-order valence-electron chi connectivity index (χ0n) is 18.0. The maximum absolute atomic E-state index is 13.4. The van der Waals surface area contributed by atoms with Gasteiger partial charge >= 0.3 is 0 Å². The molecule has 2 aliphatic heterocycles. The molecule has 3 amide bonds. The predicted octanol–water partition coefficient (Wildman–Crippen LogP) is 3.50. The number of amides is 3. The van der Waals surface area contributed by atoms with Crippen LogP contribution >= 0.6 is 11.6 Å². The van der Waals surface area contributed by atoms with Crippen molar-refractivity contribution in [3.63, 3.8) is 0 Å². The van der Waals surface area contributed by atoms with Crippen LogP contribution in [0.4, 0.5) is 5.69 Å². The molecule has 0 spiro atoms. The number of piperazine rings is 1. The van der Waals surface area contributed by atoms with Crippen molar-refractivity contribution in [1.29, 1.82) is 0 Å². The SMILES string of the molecule is O=C(C(=O)N1CCN2C(=O)c3cc(-c4ccc(Cl)cc4)ccc3NC(=O)C2C1)c1ccccc1. The average molecular weight is 474 g/mol. The third-order valence-electron chi connectivity index (χ3n) is 6.15. The van der Waals surface area contributed by atoms with E-state index in [1.807, 2.05) is 18.2 Å². The summed E-state index contributed by atoms with van der Waals surface area (Å²) >= 11 is 5.98. The van der Waals surface area contributed by atoms with E-state index in [4.69, 9.17) is 11.6 Å². The Balaban J connectivity index is 1.40. The normalized spacial score (nSPS) is 17.4. The van der Waals surface area contributed by atoms with Crippen molar-refractivity contribution >= 4 is 40.8 Å². The first-order chi connectivity index (χ1) is 16.4. The topological polar surface area (TPSA) is 86.8 Å². The molecule has 0 saturated carbocycles. The van der Waals surface area contributed by atoms with Crippen molar-refractivity contribution in [1.82, 2.24) is 9.80 Å². The molecule has 0 radical (unpaired) electrons. The summed E-state index contributed by atoms with van der Waals surface area (Å²) in [6.07, 6.45) is 0. The Labute approximate surface area is 200 Å². The van der Waals surface area contributed by atoms with Gasteiger partial charge in [-0.2, -0.15) is 0 Å². The van der Waals surface area contributed by atoms with E-state index in [1.165, 1.54) is 9.80 Å². The van der Waals surface area contributed by atoms with Crippen LogP contribution in [0.1, 0.15) is 20.7 Å². The van der Waals surface area contributed by atoms with Crippen molar-refractivity contribution in [2.75, 3.05) is 25.0 Å². The van der Waals surface area contributed by atoms with E-state index in [0.29, 0.717) is 21.8 Å². The number of nitrogens with one attached hydrogen (secondary N) is 1. The molecular weight excluding hydrogens is 454 g/mol. The molecular formula is C26H20ClN3O4. The van der Waals surface area contributed by atoms with Crippen LogP contribution in [0, 0.1) is 0 Å². The fourth-order valence-electron chi connectivity index (χ4n) is 4.31. The fraction of sp³-hybridized carbons (Fsp3) is 0.154. The van der Waals surface area contributed by atoms with Gasteiger partial charge in [0.25, 0.3) is 11.8 Å². The monoisotopic (exact) mass is 473 g/mol. The Morgan fingerprint density at radius 1 is 0.882 bits per heavy atom. The number of anilines is 1. The van der Waals surface area contributed by atoms with Crippen LogP contribution in [0.3, 0.4) is 0 Å². The number of Topliss-reactive ketones (excluding diaryl/α,β-unsaturated/α-hetero) is 1. The fourth-order valence-corrected chi connectivity index (χ4v) is 4.44. The second-order valence-electron chi connectivity index (χ2n) is 8.22. The zero-order chi connectivity index (χ0) is 23.8. The summed E-state index contributed by atoms with van der Waals surface area (Å²) in [5, 5.41) is 3.43. The van der Waals surface area contributed by atoms with Gasteiger partial charge in [0.2, 0.25) is 11.7 Å². The summed E-state index contributed by atoms with van der Waals surface area (Å²) < 4.78 is 0. The molecule has 1 unspecified atom stereocenters. The lowest BCUT2D eigenvalue weighted by atomic mass is 10.0. The number of benzene rings is 3. The number of rotatable bonds is 3. The van der Waals surface area contributed by atoms with E-state index in [1.54, 1.807) is 54.6 Å². The van der Waals surface area contributed by atoms with Crippen molar-refractivity contribution in [3.8, 4) is 11.1 Å². The highest BCUT2D eigenvalue weighted by molar-refractivity contribution is 6.42. The molecule has 1 atom stereocenters. The minimum absolute atomic E-state index is 0.0486. The smallest absolute Gasteiger partial charge is 0.295 e. The Hall–Kier alpha value is -3.97. The molecule has 2 aliphatic rings. The van der Waals surface area contributed by atoms with Crippen molar-refractivity contribution in [2.24, 2.45) is 0 Å². The Morgan fingerprint density at radius 3 is 2.32 bits per heavy atom. The minimum Gasteiger partial charge on any atom is -0.331 e. The number of carbonyl (C=O) groups is 4. The first kappa shape index (κ1) is 21.9. The van der Waals surface area contributed by atoms with Crippen LogP contribution in [-0.4, -0.2) is 59.0 Å². The van der Waals surface area contributed by atoms with Crippen molar-refractivity contribution in [2.45, 2.75) is 6.04 Å². The summed E-state index contributed by atoms with van der Waals surface area (Å²) in [6, 6.07) is 19.9. The highest BCUT2D eigenvalue weighted by Gasteiger charge is 2.41. The average Bonchev–Trinajstić information content (AvgIpc) is 2.98. The minimum atomic E-state index is -0.889. The first-order valence-corrected chi connectivity index (χ1v) is 11.2. The molecule has 170 valence electrons. The predicted molar refractivity (Wildman–Crippen MR) is 128 cm³/mol. The maximum Gasteiger partial charge on any atom is 0.295 e. The van der Waals surface area contributed by atoms with E-state index in [2.05, 4.69) is 5.32 Å². The molecule has 0 aromatic heterocycles. The summed E-state index contributed by atoms with van der Waals surface area (Å²) in [5.41, 5.74) is 2.79. The highest BCUT2D eigenvalue weighted by Crippen LogP contribution is 2.30. The van der Waals surface area contributed by atoms with Gasteiger partial charge in [0.05, 0.1) is 17.8 Å². The number of ketones is 1. The van der Waals surface area contributed by atoms with E-state index >= 15 is 0 Å². The molecule has 2 heterocycles. The molecule has 7 nitrogen and oxygen atoms in total. The summed E-state index contributed by atoms with van der Waals surface area (Å²) in [6.45, 7) is 0.265.